The molecule has 0 unspecified atom stereocenters. The molecule has 0 radical (unpaired) electrons. The van der Waals surface area contributed by atoms with Crippen molar-refractivity contribution < 1.29 is 33.6 Å². The molecule has 0 spiro atoms. The minimum absolute atomic E-state index is 0.0267. The van der Waals surface area contributed by atoms with Gasteiger partial charge in [-0.05, 0) is 38.5 Å². The molecule has 3 rings (SSSR count). The lowest BCUT2D eigenvalue weighted by atomic mass is 9.84. The monoisotopic (exact) mass is 433 g/mol. The molecule has 0 aromatic heterocycles. The van der Waals surface area contributed by atoms with Crippen LogP contribution in [0.5, 0.6) is 0 Å². The van der Waals surface area contributed by atoms with Gasteiger partial charge in [0.1, 0.15) is 0 Å². The Labute approximate surface area is 179 Å². The van der Waals surface area contributed by atoms with E-state index < -0.39 is 17.8 Å². The van der Waals surface area contributed by atoms with Gasteiger partial charge in [0.05, 0.1) is 0 Å². The number of unbranched alkanes of at least 4 members (excludes halogenated alkanes) is 2. The molecule has 1 aliphatic carbocycles. The molecule has 2 heterocycles. The highest BCUT2D eigenvalue weighted by molar-refractivity contribution is 6.13. The standard InChI is InChI=1S/C21H27N3O7/c25-16-9-10-17(26)23(16)15-7-5-14(6-8-15)21(30)22-13-3-1-2-4-20(29)31-24-18(27)11-12-19(24)28/h9-10,14-15H,1-8,11-13H2,(H,22,30). The summed E-state index contributed by atoms with van der Waals surface area (Å²) >= 11 is 0. The Balaban J connectivity index is 1.24. The fourth-order valence-electron chi connectivity index (χ4n) is 4.10. The van der Waals surface area contributed by atoms with Crippen LogP contribution in [-0.2, 0) is 33.6 Å². The third kappa shape index (κ3) is 5.77. The lowest BCUT2D eigenvalue weighted by Crippen LogP contribution is -2.44. The van der Waals surface area contributed by atoms with Crippen molar-refractivity contribution >= 4 is 35.5 Å². The number of carbonyl (C=O) groups is 6. The van der Waals surface area contributed by atoms with E-state index in [0.717, 1.165) is 0 Å². The highest BCUT2D eigenvalue weighted by Gasteiger charge is 2.35. The molecular formula is C21H27N3O7. The number of hydrogen-bond acceptors (Lipinski definition) is 7. The summed E-state index contributed by atoms with van der Waals surface area (Å²) in [5.41, 5.74) is 0. The maximum absolute atomic E-state index is 12.3. The number of rotatable bonds is 9. The van der Waals surface area contributed by atoms with E-state index in [1.807, 2.05) is 0 Å². The average molecular weight is 433 g/mol. The molecule has 31 heavy (non-hydrogen) atoms. The van der Waals surface area contributed by atoms with E-state index in [1.165, 1.54) is 17.1 Å². The van der Waals surface area contributed by atoms with Crippen molar-refractivity contribution in [2.75, 3.05) is 6.54 Å². The molecule has 10 heteroatoms. The van der Waals surface area contributed by atoms with Crippen LogP contribution in [0, 0.1) is 5.92 Å². The van der Waals surface area contributed by atoms with E-state index in [2.05, 4.69) is 5.32 Å². The molecule has 10 nitrogen and oxygen atoms in total. The van der Waals surface area contributed by atoms with Crippen LogP contribution >= 0.6 is 0 Å². The molecule has 0 bridgehead atoms. The molecule has 1 N–H and O–H groups in total. The lowest BCUT2D eigenvalue weighted by molar-refractivity contribution is -0.197. The first kappa shape index (κ1) is 22.6. The first-order valence-corrected chi connectivity index (χ1v) is 10.8. The van der Waals surface area contributed by atoms with Crippen LogP contribution in [0.1, 0.15) is 64.2 Å². The number of nitrogens with zero attached hydrogens (tertiary/aromatic N) is 2. The van der Waals surface area contributed by atoms with E-state index in [-0.39, 0.29) is 48.9 Å². The smallest absolute Gasteiger partial charge is 0.333 e. The van der Waals surface area contributed by atoms with E-state index in [0.29, 0.717) is 56.6 Å². The third-order valence-corrected chi connectivity index (χ3v) is 5.83. The van der Waals surface area contributed by atoms with Crippen LogP contribution < -0.4 is 5.32 Å². The Hall–Kier alpha value is -3.04. The Morgan fingerprint density at radius 1 is 0.903 bits per heavy atom. The van der Waals surface area contributed by atoms with Gasteiger partial charge in [-0.3, -0.25) is 28.9 Å². The van der Waals surface area contributed by atoms with Crippen molar-refractivity contribution in [2.24, 2.45) is 5.92 Å². The number of imide groups is 2. The van der Waals surface area contributed by atoms with Crippen LogP contribution in [0.2, 0.25) is 0 Å². The fraction of sp³-hybridized carbons (Fsp3) is 0.619. The molecule has 0 aromatic carbocycles. The molecule has 5 amide bonds. The minimum Gasteiger partial charge on any atom is -0.356 e. The summed E-state index contributed by atoms with van der Waals surface area (Å²) in [6, 6.07) is -0.134. The molecule has 1 saturated heterocycles. The van der Waals surface area contributed by atoms with Gasteiger partial charge < -0.3 is 10.2 Å². The second-order valence-electron chi connectivity index (χ2n) is 8.03. The van der Waals surface area contributed by atoms with Gasteiger partial charge in [0, 0.05) is 49.9 Å². The van der Waals surface area contributed by atoms with E-state index >= 15 is 0 Å². The highest BCUT2D eigenvalue weighted by atomic mass is 16.7. The summed E-state index contributed by atoms with van der Waals surface area (Å²) in [5.74, 6) is -2.31. The molecule has 2 aliphatic heterocycles. The van der Waals surface area contributed by atoms with E-state index in [9.17, 15) is 28.8 Å². The van der Waals surface area contributed by atoms with Crippen molar-refractivity contribution in [1.82, 2.24) is 15.3 Å². The summed E-state index contributed by atoms with van der Waals surface area (Å²) in [7, 11) is 0. The van der Waals surface area contributed by atoms with E-state index in [1.54, 1.807) is 0 Å². The Kier molecular flexibility index (Phi) is 7.54. The first-order chi connectivity index (χ1) is 14.9. The maximum atomic E-state index is 12.3. The maximum Gasteiger partial charge on any atom is 0.333 e. The summed E-state index contributed by atoms with van der Waals surface area (Å²) in [4.78, 5) is 76.4. The predicted octanol–water partition coefficient (Wildman–Crippen LogP) is 0.754. The largest absolute Gasteiger partial charge is 0.356 e. The number of hydrogen-bond donors (Lipinski definition) is 1. The predicted molar refractivity (Wildman–Crippen MR) is 105 cm³/mol. The van der Waals surface area contributed by atoms with Crippen LogP contribution in [0.4, 0.5) is 0 Å². The van der Waals surface area contributed by atoms with Crippen LogP contribution in [0.3, 0.4) is 0 Å². The second kappa shape index (κ2) is 10.3. The van der Waals surface area contributed by atoms with Crippen LogP contribution in [0.25, 0.3) is 0 Å². The molecule has 168 valence electrons. The number of nitrogens with one attached hydrogen (secondary N) is 1. The third-order valence-electron chi connectivity index (χ3n) is 5.83. The number of amides is 5. The number of hydroxylamine groups is 2. The van der Waals surface area contributed by atoms with Gasteiger partial charge >= 0.3 is 5.97 Å². The zero-order chi connectivity index (χ0) is 22.4. The lowest BCUT2D eigenvalue weighted by Gasteiger charge is -2.32. The van der Waals surface area contributed by atoms with Gasteiger partial charge in [-0.2, -0.15) is 0 Å². The highest BCUT2D eigenvalue weighted by Crippen LogP contribution is 2.29. The Bertz CT molecular complexity index is 765. The summed E-state index contributed by atoms with van der Waals surface area (Å²) in [5, 5.41) is 3.45. The summed E-state index contributed by atoms with van der Waals surface area (Å²) < 4.78 is 0. The van der Waals surface area contributed by atoms with E-state index in [4.69, 9.17) is 4.84 Å². The first-order valence-electron chi connectivity index (χ1n) is 10.8. The van der Waals surface area contributed by atoms with Gasteiger partial charge in [-0.25, -0.2) is 4.79 Å². The minimum atomic E-state index is -0.616. The molecular weight excluding hydrogens is 406 g/mol. The molecule has 3 aliphatic rings. The molecule has 1 saturated carbocycles. The average Bonchev–Trinajstić information content (AvgIpc) is 3.25. The second-order valence-corrected chi connectivity index (χ2v) is 8.03. The summed E-state index contributed by atoms with van der Waals surface area (Å²) in [6.45, 7) is 0.490. The van der Waals surface area contributed by atoms with Crippen LogP contribution in [-0.4, -0.2) is 58.1 Å². The quantitative estimate of drug-likeness (QED) is 0.419. The zero-order valence-electron chi connectivity index (χ0n) is 17.3. The number of carbonyl (C=O) groups excluding carboxylic acids is 6. The van der Waals surface area contributed by atoms with Crippen molar-refractivity contribution in [2.45, 2.75) is 70.3 Å². The normalized spacial score (nSPS) is 23.6. The fourth-order valence-corrected chi connectivity index (χ4v) is 4.10. The van der Waals surface area contributed by atoms with Crippen molar-refractivity contribution in [1.29, 1.82) is 0 Å². The van der Waals surface area contributed by atoms with Gasteiger partial charge in [0.2, 0.25) is 5.91 Å². The van der Waals surface area contributed by atoms with Crippen LogP contribution in [0.15, 0.2) is 12.2 Å². The van der Waals surface area contributed by atoms with Crippen molar-refractivity contribution in [3.05, 3.63) is 12.2 Å². The molecule has 2 fully saturated rings. The Morgan fingerprint density at radius 2 is 1.52 bits per heavy atom. The zero-order valence-corrected chi connectivity index (χ0v) is 17.3. The van der Waals surface area contributed by atoms with Crippen molar-refractivity contribution in [3.8, 4) is 0 Å². The SMILES string of the molecule is O=C(CCCCCNC(=O)C1CCC(N2C(=O)C=CC2=O)CC1)ON1C(=O)CCC1=O. The van der Waals surface area contributed by atoms with Crippen molar-refractivity contribution in [3.63, 3.8) is 0 Å². The molecule has 0 aromatic rings. The molecule has 0 atom stereocenters. The summed E-state index contributed by atoms with van der Waals surface area (Å²) in [6.07, 6.45) is 7.23. The Morgan fingerprint density at radius 3 is 2.13 bits per heavy atom. The van der Waals surface area contributed by atoms with Gasteiger partial charge in [-0.15, -0.1) is 5.06 Å². The van der Waals surface area contributed by atoms with Gasteiger partial charge in [0.15, 0.2) is 0 Å². The topological polar surface area (TPSA) is 130 Å². The van der Waals surface area contributed by atoms with Gasteiger partial charge in [-0.1, -0.05) is 6.42 Å². The van der Waals surface area contributed by atoms with Gasteiger partial charge in [0.25, 0.3) is 23.6 Å².